The molecule has 1 aromatic heterocycles. The van der Waals surface area contributed by atoms with Crippen LogP contribution in [0.1, 0.15) is 30.7 Å². The number of pyridine rings is 1. The number of aromatic nitrogens is 1. The molecule has 0 bridgehead atoms. The van der Waals surface area contributed by atoms with Crippen molar-refractivity contribution < 1.29 is 9.53 Å². The van der Waals surface area contributed by atoms with Crippen LogP contribution in [-0.4, -0.2) is 23.0 Å². The molecule has 1 heterocycles. The molecule has 4 nitrogen and oxygen atoms in total. The minimum Gasteiger partial charge on any atom is -0.481 e. The van der Waals surface area contributed by atoms with Gasteiger partial charge in [-0.1, -0.05) is 12.1 Å². The van der Waals surface area contributed by atoms with Crippen molar-refractivity contribution in [3.8, 4) is 5.75 Å². The smallest absolute Gasteiger partial charge is 0.260 e. The van der Waals surface area contributed by atoms with Gasteiger partial charge < -0.3 is 10.1 Å². The van der Waals surface area contributed by atoms with E-state index >= 15 is 0 Å². The van der Waals surface area contributed by atoms with E-state index in [4.69, 9.17) is 4.74 Å². The van der Waals surface area contributed by atoms with Crippen molar-refractivity contribution in [2.75, 3.05) is 0 Å². The number of nitrogens with zero attached hydrogens (tertiary/aromatic N) is 1. The van der Waals surface area contributed by atoms with Crippen molar-refractivity contribution in [3.05, 3.63) is 59.4 Å². The van der Waals surface area contributed by atoms with Crippen molar-refractivity contribution in [1.82, 2.24) is 10.3 Å². The van der Waals surface area contributed by atoms with Crippen LogP contribution >= 0.6 is 0 Å². The number of nitrogens with one attached hydrogen (secondary N) is 1. The van der Waals surface area contributed by atoms with Crippen molar-refractivity contribution in [2.45, 2.75) is 46.3 Å². The van der Waals surface area contributed by atoms with Gasteiger partial charge in [-0.2, -0.15) is 0 Å². The summed E-state index contributed by atoms with van der Waals surface area (Å²) in [6.45, 7) is 7.81. The molecule has 0 fully saturated rings. The van der Waals surface area contributed by atoms with E-state index in [2.05, 4.69) is 17.2 Å². The number of carbonyl (C=O) groups is 1. The summed E-state index contributed by atoms with van der Waals surface area (Å²) in [5, 5.41) is 2.97. The Bertz CT molecular complexity index is 656. The van der Waals surface area contributed by atoms with Crippen LogP contribution in [0.5, 0.6) is 5.75 Å². The highest BCUT2D eigenvalue weighted by atomic mass is 16.5. The fourth-order valence-corrected chi connectivity index (χ4v) is 2.29. The SMILES string of the molecule is Cc1ccc(OC(C)C(=O)NC(C)Cc2ccccn2)cc1C. The van der Waals surface area contributed by atoms with E-state index in [1.807, 2.05) is 50.2 Å². The number of hydrogen-bond acceptors (Lipinski definition) is 3. The average Bonchev–Trinajstić information content (AvgIpc) is 2.51. The molecule has 23 heavy (non-hydrogen) atoms. The predicted molar refractivity (Wildman–Crippen MR) is 91.6 cm³/mol. The molecule has 2 aromatic rings. The molecule has 122 valence electrons. The summed E-state index contributed by atoms with van der Waals surface area (Å²) in [6.07, 6.45) is 1.92. The van der Waals surface area contributed by atoms with Crippen LogP contribution in [0.3, 0.4) is 0 Å². The molecule has 2 rings (SSSR count). The third kappa shape index (κ3) is 5.09. The van der Waals surface area contributed by atoms with Gasteiger partial charge in [-0.3, -0.25) is 9.78 Å². The second-order valence-corrected chi connectivity index (χ2v) is 5.94. The number of benzene rings is 1. The van der Waals surface area contributed by atoms with Gasteiger partial charge >= 0.3 is 0 Å². The summed E-state index contributed by atoms with van der Waals surface area (Å²) < 4.78 is 5.74. The first-order valence-corrected chi connectivity index (χ1v) is 7.90. The van der Waals surface area contributed by atoms with Crippen molar-refractivity contribution in [2.24, 2.45) is 0 Å². The number of hydrogen-bond donors (Lipinski definition) is 1. The summed E-state index contributed by atoms with van der Waals surface area (Å²) in [5.74, 6) is 0.597. The van der Waals surface area contributed by atoms with Crippen LogP contribution in [0.2, 0.25) is 0 Å². The lowest BCUT2D eigenvalue weighted by molar-refractivity contribution is -0.127. The molecular weight excluding hydrogens is 288 g/mol. The first-order chi connectivity index (χ1) is 11.0. The summed E-state index contributed by atoms with van der Waals surface area (Å²) in [5.41, 5.74) is 3.32. The zero-order valence-corrected chi connectivity index (χ0v) is 14.2. The zero-order valence-electron chi connectivity index (χ0n) is 14.2. The van der Waals surface area contributed by atoms with Gasteiger partial charge in [0, 0.05) is 24.4 Å². The van der Waals surface area contributed by atoms with Gasteiger partial charge in [0.2, 0.25) is 0 Å². The highest BCUT2D eigenvalue weighted by Crippen LogP contribution is 2.17. The molecule has 0 spiro atoms. The van der Waals surface area contributed by atoms with Crippen molar-refractivity contribution in [1.29, 1.82) is 0 Å². The Morgan fingerprint density at radius 3 is 2.61 bits per heavy atom. The van der Waals surface area contributed by atoms with Crippen molar-refractivity contribution in [3.63, 3.8) is 0 Å². The number of aryl methyl sites for hydroxylation is 2. The number of carbonyl (C=O) groups excluding carboxylic acids is 1. The second-order valence-electron chi connectivity index (χ2n) is 5.94. The maximum atomic E-state index is 12.2. The molecule has 1 amide bonds. The summed E-state index contributed by atoms with van der Waals surface area (Å²) in [4.78, 5) is 16.5. The van der Waals surface area contributed by atoms with E-state index in [9.17, 15) is 4.79 Å². The van der Waals surface area contributed by atoms with Crippen LogP contribution in [0.4, 0.5) is 0 Å². The molecule has 0 saturated carbocycles. The predicted octanol–water partition coefficient (Wildman–Crippen LogP) is 3.21. The maximum Gasteiger partial charge on any atom is 0.260 e. The van der Waals surface area contributed by atoms with E-state index in [-0.39, 0.29) is 11.9 Å². The molecule has 0 aliphatic carbocycles. The second kappa shape index (κ2) is 7.77. The van der Waals surface area contributed by atoms with Gasteiger partial charge in [0.05, 0.1) is 0 Å². The fourth-order valence-electron chi connectivity index (χ4n) is 2.29. The van der Waals surface area contributed by atoms with Crippen LogP contribution in [-0.2, 0) is 11.2 Å². The van der Waals surface area contributed by atoms with Gasteiger partial charge in [-0.15, -0.1) is 0 Å². The number of amides is 1. The molecule has 1 aromatic carbocycles. The van der Waals surface area contributed by atoms with E-state index in [1.165, 1.54) is 5.56 Å². The van der Waals surface area contributed by atoms with Gasteiger partial charge in [0.1, 0.15) is 5.75 Å². The molecule has 0 radical (unpaired) electrons. The Labute approximate surface area is 137 Å². The Balaban J connectivity index is 1.87. The third-order valence-electron chi connectivity index (χ3n) is 3.79. The quantitative estimate of drug-likeness (QED) is 0.891. The molecule has 2 atom stereocenters. The van der Waals surface area contributed by atoms with E-state index in [0.29, 0.717) is 12.2 Å². The number of ether oxygens (including phenoxy) is 1. The Kier molecular flexibility index (Phi) is 5.74. The molecule has 0 aliphatic rings. The van der Waals surface area contributed by atoms with Crippen LogP contribution in [0.15, 0.2) is 42.6 Å². The van der Waals surface area contributed by atoms with Crippen LogP contribution in [0, 0.1) is 13.8 Å². The zero-order chi connectivity index (χ0) is 16.8. The lowest BCUT2D eigenvalue weighted by atomic mass is 10.1. The minimum atomic E-state index is -0.539. The Morgan fingerprint density at radius 2 is 1.96 bits per heavy atom. The Hall–Kier alpha value is -2.36. The minimum absolute atomic E-state index is 0.00297. The van der Waals surface area contributed by atoms with Gasteiger partial charge in [-0.25, -0.2) is 0 Å². The molecule has 4 heteroatoms. The van der Waals surface area contributed by atoms with E-state index < -0.39 is 6.10 Å². The fraction of sp³-hybridized carbons (Fsp3) is 0.368. The van der Waals surface area contributed by atoms with Crippen LogP contribution in [0.25, 0.3) is 0 Å². The lowest BCUT2D eigenvalue weighted by Gasteiger charge is -2.19. The summed E-state index contributed by atoms with van der Waals surface area (Å²) in [6, 6.07) is 11.6. The average molecular weight is 312 g/mol. The summed E-state index contributed by atoms with van der Waals surface area (Å²) >= 11 is 0. The highest BCUT2D eigenvalue weighted by Gasteiger charge is 2.17. The first kappa shape index (κ1) is 17.0. The van der Waals surface area contributed by atoms with Gasteiger partial charge in [0.25, 0.3) is 5.91 Å². The number of rotatable bonds is 6. The molecular formula is C19H24N2O2. The van der Waals surface area contributed by atoms with E-state index in [1.54, 1.807) is 13.1 Å². The first-order valence-electron chi connectivity index (χ1n) is 7.90. The molecule has 0 aliphatic heterocycles. The Morgan fingerprint density at radius 1 is 1.17 bits per heavy atom. The third-order valence-corrected chi connectivity index (χ3v) is 3.79. The lowest BCUT2D eigenvalue weighted by Crippen LogP contribution is -2.42. The normalized spacial score (nSPS) is 13.2. The molecule has 2 unspecified atom stereocenters. The standard InChI is InChI=1S/C19H24N2O2/c1-13-8-9-18(11-14(13)2)23-16(4)19(22)21-15(3)12-17-7-5-6-10-20-17/h5-11,15-16H,12H2,1-4H3,(H,21,22). The van der Waals surface area contributed by atoms with Crippen molar-refractivity contribution >= 4 is 5.91 Å². The van der Waals surface area contributed by atoms with E-state index in [0.717, 1.165) is 11.3 Å². The van der Waals surface area contributed by atoms with Crippen LogP contribution < -0.4 is 10.1 Å². The van der Waals surface area contributed by atoms with Gasteiger partial charge in [0.15, 0.2) is 6.10 Å². The maximum absolute atomic E-state index is 12.2. The monoisotopic (exact) mass is 312 g/mol. The molecule has 0 saturated heterocycles. The summed E-state index contributed by atoms with van der Waals surface area (Å²) in [7, 11) is 0. The topological polar surface area (TPSA) is 51.2 Å². The largest absolute Gasteiger partial charge is 0.481 e. The van der Waals surface area contributed by atoms with Gasteiger partial charge in [-0.05, 0) is 63.1 Å². The highest BCUT2D eigenvalue weighted by molar-refractivity contribution is 5.81. The molecule has 1 N–H and O–H groups in total.